The molecule has 0 atom stereocenters. The molecule has 3 rings (SSSR count). The van der Waals surface area contributed by atoms with Gasteiger partial charge in [-0.1, -0.05) is 0 Å². The number of hydrogen-bond acceptors (Lipinski definition) is 4. The van der Waals surface area contributed by atoms with Crippen molar-refractivity contribution in [2.24, 2.45) is 0 Å². The van der Waals surface area contributed by atoms with Crippen molar-refractivity contribution in [3.05, 3.63) is 0 Å². The molecule has 3 fully saturated rings. The summed E-state index contributed by atoms with van der Waals surface area (Å²) in [6.45, 7) is 1.87. The van der Waals surface area contributed by atoms with Gasteiger partial charge in [0.15, 0.2) is 5.67 Å². The zero-order chi connectivity index (χ0) is 16.0. The third kappa shape index (κ3) is 2.65. The van der Waals surface area contributed by atoms with Crippen molar-refractivity contribution in [2.75, 3.05) is 39.1 Å². The fourth-order valence-electron chi connectivity index (χ4n) is 3.74. The quantitative estimate of drug-likeness (QED) is 0.739. The highest BCUT2D eigenvalue weighted by atomic mass is 32.2. The Morgan fingerprint density at radius 2 is 1.77 bits per heavy atom. The van der Waals surface area contributed by atoms with E-state index >= 15 is 0 Å². The third-order valence-electron chi connectivity index (χ3n) is 5.25. The van der Waals surface area contributed by atoms with Gasteiger partial charge in [-0.15, -0.1) is 0 Å². The summed E-state index contributed by atoms with van der Waals surface area (Å²) in [4.78, 5) is 13.8. The molecule has 1 saturated carbocycles. The molecule has 22 heavy (non-hydrogen) atoms. The van der Waals surface area contributed by atoms with Gasteiger partial charge in [-0.2, -0.15) is 4.31 Å². The smallest absolute Gasteiger partial charge is 0.260 e. The number of rotatable bonds is 2. The first-order chi connectivity index (χ1) is 10.3. The van der Waals surface area contributed by atoms with Gasteiger partial charge in [0, 0.05) is 19.6 Å². The number of carbonyl (C=O) groups excluding carboxylic acids is 1. The average Bonchev–Trinajstić information content (AvgIpc) is 2.44. The standard InChI is InChI=1S/C14H23FN2O4S/c1-22(19,20)17-9-10-21-11-13(17)5-7-16(8-6-13)12(18)14(15)3-2-4-14/h2-11H2,1H3. The molecule has 126 valence electrons. The Bertz CT molecular complexity index is 553. The number of alkyl halides is 1. The molecule has 0 bridgehead atoms. The van der Waals surface area contributed by atoms with Crippen LogP contribution in [-0.2, 0) is 19.6 Å². The van der Waals surface area contributed by atoms with Crippen LogP contribution in [0.5, 0.6) is 0 Å². The number of morpholine rings is 1. The van der Waals surface area contributed by atoms with Crippen LogP contribution in [0.25, 0.3) is 0 Å². The molecule has 0 aromatic heterocycles. The summed E-state index contributed by atoms with van der Waals surface area (Å²) in [6.07, 6.45) is 3.60. The van der Waals surface area contributed by atoms with Crippen molar-refractivity contribution < 1.29 is 22.3 Å². The second kappa shape index (κ2) is 5.42. The summed E-state index contributed by atoms with van der Waals surface area (Å²) in [5.41, 5.74) is -2.25. The van der Waals surface area contributed by atoms with Gasteiger partial charge in [0.1, 0.15) is 0 Å². The Morgan fingerprint density at radius 1 is 1.14 bits per heavy atom. The Kier molecular flexibility index (Phi) is 3.98. The van der Waals surface area contributed by atoms with Crippen LogP contribution in [-0.4, -0.2) is 73.8 Å². The number of nitrogens with zero attached hydrogens (tertiary/aromatic N) is 2. The van der Waals surface area contributed by atoms with E-state index in [1.54, 1.807) is 4.90 Å². The molecule has 0 aromatic carbocycles. The van der Waals surface area contributed by atoms with E-state index in [0.29, 0.717) is 58.5 Å². The van der Waals surface area contributed by atoms with Crippen molar-refractivity contribution in [3.8, 4) is 0 Å². The lowest BCUT2D eigenvalue weighted by atomic mass is 9.79. The van der Waals surface area contributed by atoms with Crippen LogP contribution < -0.4 is 0 Å². The van der Waals surface area contributed by atoms with Gasteiger partial charge in [0.25, 0.3) is 5.91 Å². The van der Waals surface area contributed by atoms with Crippen LogP contribution in [0.4, 0.5) is 4.39 Å². The van der Waals surface area contributed by atoms with E-state index in [9.17, 15) is 17.6 Å². The van der Waals surface area contributed by atoms with E-state index in [2.05, 4.69) is 0 Å². The van der Waals surface area contributed by atoms with E-state index in [1.807, 2.05) is 0 Å². The maximum atomic E-state index is 14.3. The van der Waals surface area contributed by atoms with Gasteiger partial charge >= 0.3 is 0 Å². The van der Waals surface area contributed by atoms with Crippen LogP contribution in [0.1, 0.15) is 32.1 Å². The molecule has 1 aliphatic carbocycles. The van der Waals surface area contributed by atoms with E-state index in [-0.39, 0.29) is 0 Å². The van der Waals surface area contributed by atoms with Crippen LogP contribution >= 0.6 is 0 Å². The molecular formula is C14H23FN2O4S. The Morgan fingerprint density at radius 3 is 2.27 bits per heavy atom. The summed E-state index contributed by atoms with van der Waals surface area (Å²) in [5.74, 6) is -0.420. The van der Waals surface area contributed by atoms with E-state index in [0.717, 1.165) is 6.42 Å². The van der Waals surface area contributed by atoms with Gasteiger partial charge in [-0.3, -0.25) is 4.79 Å². The summed E-state index contributed by atoms with van der Waals surface area (Å²) >= 11 is 0. The lowest BCUT2D eigenvalue weighted by Crippen LogP contribution is -2.64. The molecule has 0 aromatic rings. The largest absolute Gasteiger partial charge is 0.378 e. The fraction of sp³-hybridized carbons (Fsp3) is 0.929. The molecular weight excluding hydrogens is 311 g/mol. The van der Waals surface area contributed by atoms with Gasteiger partial charge < -0.3 is 9.64 Å². The third-order valence-corrected chi connectivity index (χ3v) is 6.62. The minimum absolute atomic E-state index is 0.312. The van der Waals surface area contributed by atoms with Crippen LogP contribution in [0, 0.1) is 0 Å². The maximum absolute atomic E-state index is 14.3. The average molecular weight is 334 g/mol. The number of sulfonamides is 1. The molecule has 3 aliphatic rings. The molecule has 2 saturated heterocycles. The summed E-state index contributed by atoms with van der Waals surface area (Å²) in [5, 5.41) is 0. The number of amides is 1. The molecule has 0 radical (unpaired) electrons. The van der Waals surface area contributed by atoms with Gasteiger partial charge in [-0.05, 0) is 32.1 Å². The minimum atomic E-state index is -3.32. The Hall–Kier alpha value is -0.730. The number of carbonyl (C=O) groups is 1. The molecule has 2 heterocycles. The number of piperidine rings is 1. The fourth-order valence-corrected chi connectivity index (χ4v) is 5.09. The predicted molar refractivity (Wildman–Crippen MR) is 78.6 cm³/mol. The molecule has 2 aliphatic heterocycles. The zero-order valence-electron chi connectivity index (χ0n) is 12.9. The summed E-state index contributed by atoms with van der Waals surface area (Å²) in [6, 6.07) is 0. The molecule has 1 spiro atoms. The number of hydrogen-bond donors (Lipinski definition) is 0. The molecule has 6 nitrogen and oxygen atoms in total. The number of likely N-dealkylation sites (tertiary alicyclic amines) is 1. The second-order valence-corrected chi connectivity index (χ2v) is 8.63. The first-order valence-electron chi connectivity index (χ1n) is 7.81. The monoisotopic (exact) mass is 334 g/mol. The molecule has 0 unspecified atom stereocenters. The van der Waals surface area contributed by atoms with E-state index in [4.69, 9.17) is 4.74 Å². The molecule has 8 heteroatoms. The minimum Gasteiger partial charge on any atom is -0.378 e. The zero-order valence-corrected chi connectivity index (χ0v) is 13.7. The van der Waals surface area contributed by atoms with Crippen molar-refractivity contribution in [1.82, 2.24) is 9.21 Å². The van der Waals surface area contributed by atoms with E-state index < -0.39 is 27.1 Å². The topological polar surface area (TPSA) is 66.9 Å². The van der Waals surface area contributed by atoms with Crippen molar-refractivity contribution in [2.45, 2.75) is 43.3 Å². The predicted octanol–water partition coefficient (Wildman–Crippen LogP) is 0.532. The summed E-state index contributed by atoms with van der Waals surface area (Å²) < 4.78 is 45.3. The van der Waals surface area contributed by atoms with Crippen LogP contribution in [0.3, 0.4) is 0 Å². The van der Waals surface area contributed by atoms with Crippen LogP contribution in [0.15, 0.2) is 0 Å². The maximum Gasteiger partial charge on any atom is 0.260 e. The van der Waals surface area contributed by atoms with Crippen LogP contribution in [0.2, 0.25) is 0 Å². The molecule has 0 N–H and O–H groups in total. The SMILES string of the molecule is CS(=O)(=O)N1CCOCC12CCN(C(=O)C1(F)CCC1)CC2. The first-order valence-corrected chi connectivity index (χ1v) is 9.66. The first kappa shape index (κ1) is 16.1. The summed E-state index contributed by atoms with van der Waals surface area (Å²) in [7, 11) is -3.32. The van der Waals surface area contributed by atoms with Gasteiger partial charge in [-0.25, -0.2) is 12.8 Å². The second-order valence-electron chi connectivity index (χ2n) is 6.72. The van der Waals surface area contributed by atoms with Crippen molar-refractivity contribution in [1.29, 1.82) is 0 Å². The highest BCUT2D eigenvalue weighted by Gasteiger charge is 2.51. The lowest BCUT2D eigenvalue weighted by molar-refractivity contribution is -0.153. The van der Waals surface area contributed by atoms with Crippen molar-refractivity contribution in [3.63, 3.8) is 0 Å². The lowest BCUT2D eigenvalue weighted by Gasteiger charge is -2.50. The van der Waals surface area contributed by atoms with E-state index in [1.165, 1.54) is 10.6 Å². The Labute approximate surface area is 130 Å². The van der Waals surface area contributed by atoms with Gasteiger partial charge in [0.05, 0.1) is 25.0 Å². The highest BCUT2D eigenvalue weighted by molar-refractivity contribution is 7.88. The van der Waals surface area contributed by atoms with Crippen molar-refractivity contribution >= 4 is 15.9 Å². The molecule has 1 amide bonds. The van der Waals surface area contributed by atoms with Gasteiger partial charge in [0.2, 0.25) is 10.0 Å². The number of ether oxygens (including phenoxy) is 1. The normalized spacial score (nSPS) is 28.4. The Balaban J connectivity index is 1.70. The highest BCUT2D eigenvalue weighted by Crippen LogP contribution is 2.40. The number of halogens is 1.